The van der Waals surface area contributed by atoms with E-state index in [9.17, 15) is 9.90 Å². The molecular weight excluding hydrogens is 310 g/mol. The molecule has 5 nitrogen and oxygen atoms in total. The largest absolute Gasteiger partial charge is 0.480 e. The summed E-state index contributed by atoms with van der Waals surface area (Å²) < 4.78 is 0.897. The Hall–Kier alpha value is -1.69. The van der Waals surface area contributed by atoms with Crippen molar-refractivity contribution in [3.05, 3.63) is 29.0 Å². The topological polar surface area (TPSA) is 75.1 Å². The molecule has 19 heavy (non-hydrogen) atoms. The van der Waals surface area contributed by atoms with Crippen molar-refractivity contribution in [1.29, 1.82) is 0 Å². The molecule has 0 amide bonds. The van der Waals surface area contributed by atoms with Crippen LogP contribution >= 0.6 is 15.9 Å². The number of hydrogen-bond donors (Lipinski definition) is 2. The van der Waals surface area contributed by atoms with Crippen LogP contribution in [-0.2, 0) is 4.79 Å². The highest BCUT2D eigenvalue weighted by Crippen LogP contribution is 2.24. The van der Waals surface area contributed by atoms with Crippen LogP contribution in [0.2, 0.25) is 0 Å². The number of nitrogens with zero attached hydrogens (tertiary/aromatic N) is 2. The molecule has 100 valence electrons. The summed E-state index contributed by atoms with van der Waals surface area (Å²) in [5.74, 6) is -0.404. The van der Waals surface area contributed by atoms with Crippen molar-refractivity contribution in [2.45, 2.75) is 19.9 Å². The van der Waals surface area contributed by atoms with E-state index in [0.29, 0.717) is 5.82 Å². The van der Waals surface area contributed by atoms with Crippen molar-refractivity contribution in [2.24, 2.45) is 5.92 Å². The summed E-state index contributed by atoms with van der Waals surface area (Å²) in [5.41, 5.74) is 0.772. The molecule has 1 aromatic carbocycles. The zero-order valence-electron chi connectivity index (χ0n) is 10.6. The summed E-state index contributed by atoms with van der Waals surface area (Å²) >= 11 is 3.39. The van der Waals surface area contributed by atoms with Crippen LogP contribution in [0.15, 0.2) is 29.0 Å². The van der Waals surface area contributed by atoms with Gasteiger partial charge in [-0.25, -0.2) is 14.8 Å². The third-order valence-electron chi connectivity index (χ3n) is 2.82. The lowest BCUT2D eigenvalue weighted by molar-refractivity contribution is -0.138. The van der Waals surface area contributed by atoms with E-state index < -0.39 is 12.0 Å². The van der Waals surface area contributed by atoms with E-state index >= 15 is 0 Å². The Morgan fingerprint density at radius 2 is 2.11 bits per heavy atom. The molecule has 0 saturated carbocycles. The number of rotatable bonds is 4. The summed E-state index contributed by atoms with van der Waals surface area (Å²) in [6.45, 7) is 3.70. The van der Waals surface area contributed by atoms with E-state index in [4.69, 9.17) is 0 Å². The standard InChI is InChI=1S/C13H14BrN3O2/c1-7(2)11(13(18)19)17-12-9-5-8(14)3-4-10(9)15-6-16-12/h3-7,11H,1-2H3,(H,18,19)(H,15,16,17). The number of aliphatic carboxylic acids is 1. The fourth-order valence-electron chi connectivity index (χ4n) is 1.80. The Labute approximate surface area is 119 Å². The zero-order valence-corrected chi connectivity index (χ0v) is 12.2. The average Bonchev–Trinajstić information content (AvgIpc) is 2.35. The van der Waals surface area contributed by atoms with Gasteiger partial charge in [0.2, 0.25) is 0 Å². The molecule has 2 N–H and O–H groups in total. The van der Waals surface area contributed by atoms with Gasteiger partial charge in [-0.05, 0) is 24.1 Å². The Morgan fingerprint density at radius 3 is 2.74 bits per heavy atom. The number of fused-ring (bicyclic) bond motifs is 1. The molecule has 1 aromatic heterocycles. The quantitative estimate of drug-likeness (QED) is 0.904. The Kier molecular flexibility index (Phi) is 3.99. The van der Waals surface area contributed by atoms with E-state index in [2.05, 4.69) is 31.2 Å². The minimum Gasteiger partial charge on any atom is -0.480 e. The first kappa shape index (κ1) is 13.7. The maximum atomic E-state index is 11.2. The summed E-state index contributed by atoms with van der Waals surface area (Å²) in [6.07, 6.45) is 1.43. The predicted octanol–water partition coefficient (Wildman–Crippen LogP) is 2.91. The van der Waals surface area contributed by atoms with Crippen LogP contribution in [0.1, 0.15) is 13.8 Å². The van der Waals surface area contributed by atoms with E-state index in [0.717, 1.165) is 15.4 Å². The van der Waals surface area contributed by atoms with Crippen LogP contribution in [-0.4, -0.2) is 27.1 Å². The van der Waals surface area contributed by atoms with Gasteiger partial charge in [0.1, 0.15) is 18.2 Å². The Bertz CT molecular complexity index is 616. The minimum absolute atomic E-state index is 0.0466. The molecule has 2 aromatic rings. The van der Waals surface area contributed by atoms with Gasteiger partial charge in [0.25, 0.3) is 0 Å². The van der Waals surface area contributed by atoms with Gasteiger partial charge in [-0.1, -0.05) is 29.8 Å². The van der Waals surface area contributed by atoms with Crippen molar-refractivity contribution in [1.82, 2.24) is 9.97 Å². The fraction of sp³-hybridized carbons (Fsp3) is 0.308. The number of nitrogens with one attached hydrogen (secondary N) is 1. The van der Waals surface area contributed by atoms with Gasteiger partial charge in [-0.2, -0.15) is 0 Å². The molecule has 0 radical (unpaired) electrons. The molecule has 1 atom stereocenters. The summed E-state index contributed by atoms with van der Waals surface area (Å²) in [4.78, 5) is 19.5. The third-order valence-corrected chi connectivity index (χ3v) is 3.32. The molecule has 1 unspecified atom stereocenters. The van der Waals surface area contributed by atoms with Crippen LogP contribution in [0.5, 0.6) is 0 Å². The van der Waals surface area contributed by atoms with Crippen LogP contribution in [0.25, 0.3) is 10.9 Å². The normalized spacial score (nSPS) is 12.6. The number of halogens is 1. The molecule has 0 aliphatic carbocycles. The van der Waals surface area contributed by atoms with Gasteiger partial charge in [-0.15, -0.1) is 0 Å². The zero-order chi connectivity index (χ0) is 14.0. The van der Waals surface area contributed by atoms with E-state index in [1.165, 1.54) is 6.33 Å². The van der Waals surface area contributed by atoms with Gasteiger partial charge in [0.15, 0.2) is 0 Å². The van der Waals surface area contributed by atoms with Crippen molar-refractivity contribution in [3.8, 4) is 0 Å². The lowest BCUT2D eigenvalue weighted by Gasteiger charge is -2.19. The molecular formula is C13H14BrN3O2. The fourth-order valence-corrected chi connectivity index (χ4v) is 2.17. The van der Waals surface area contributed by atoms with Gasteiger partial charge >= 0.3 is 5.97 Å². The summed E-state index contributed by atoms with van der Waals surface area (Å²) in [7, 11) is 0. The lowest BCUT2D eigenvalue weighted by Crippen LogP contribution is -2.34. The number of anilines is 1. The summed E-state index contributed by atoms with van der Waals surface area (Å²) in [5, 5.41) is 13.0. The maximum Gasteiger partial charge on any atom is 0.326 e. The van der Waals surface area contributed by atoms with Gasteiger partial charge in [0, 0.05) is 9.86 Å². The van der Waals surface area contributed by atoms with Crippen LogP contribution in [0.3, 0.4) is 0 Å². The molecule has 1 heterocycles. The number of aromatic nitrogens is 2. The third kappa shape index (κ3) is 3.01. The molecule has 6 heteroatoms. The monoisotopic (exact) mass is 323 g/mol. The first-order valence-electron chi connectivity index (χ1n) is 5.88. The highest BCUT2D eigenvalue weighted by molar-refractivity contribution is 9.10. The van der Waals surface area contributed by atoms with Crippen molar-refractivity contribution < 1.29 is 9.90 Å². The second-order valence-electron chi connectivity index (χ2n) is 4.59. The van der Waals surface area contributed by atoms with Crippen molar-refractivity contribution >= 4 is 38.6 Å². The smallest absolute Gasteiger partial charge is 0.326 e. The average molecular weight is 324 g/mol. The second-order valence-corrected chi connectivity index (χ2v) is 5.50. The lowest BCUT2D eigenvalue weighted by atomic mass is 10.0. The summed E-state index contributed by atoms with van der Waals surface area (Å²) in [6, 6.07) is 4.93. The number of carboxylic acid groups (broad SMARTS) is 1. The number of carboxylic acids is 1. The number of benzene rings is 1. The molecule has 0 fully saturated rings. The van der Waals surface area contributed by atoms with Crippen molar-refractivity contribution in [2.75, 3.05) is 5.32 Å². The second kappa shape index (κ2) is 5.52. The number of carbonyl (C=O) groups is 1. The van der Waals surface area contributed by atoms with Crippen LogP contribution < -0.4 is 5.32 Å². The van der Waals surface area contributed by atoms with Crippen LogP contribution in [0, 0.1) is 5.92 Å². The van der Waals surface area contributed by atoms with Gasteiger partial charge in [-0.3, -0.25) is 0 Å². The molecule has 2 rings (SSSR count). The van der Waals surface area contributed by atoms with Gasteiger partial charge in [0.05, 0.1) is 5.52 Å². The SMILES string of the molecule is CC(C)C(Nc1ncnc2ccc(Br)cc12)C(=O)O. The highest BCUT2D eigenvalue weighted by atomic mass is 79.9. The van der Waals surface area contributed by atoms with Crippen LogP contribution in [0.4, 0.5) is 5.82 Å². The Morgan fingerprint density at radius 1 is 1.37 bits per heavy atom. The number of hydrogen-bond acceptors (Lipinski definition) is 4. The molecule has 0 aliphatic heterocycles. The van der Waals surface area contributed by atoms with Gasteiger partial charge < -0.3 is 10.4 Å². The minimum atomic E-state index is -0.892. The first-order valence-corrected chi connectivity index (χ1v) is 6.68. The van der Waals surface area contributed by atoms with Crippen molar-refractivity contribution in [3.63, 3.8) is 0 Å². The molecule has 0 spiro atoms. The Balaban J connectivity index is 2.44. The maximum absolute atomic E-state index is 11.2. The first-order chi connectivity index (χ1) is 8.99. The van der Waals surface area contributed by atoms with E-state index in [-0.39, 0.29) is 5.92 Å². The van der Waals surface area contributed by atoms with E-state index in [1.54, 1.807) is 0 Å². The molecule has 0 bridgehead atoms. The molecule has 0 aliphatic rings. The molecule has 0 saturated heterocycles. The highest BCUT2D eigenvalue weighted by Gasteiger charge is 2.22. The predicted molar refractivity (Wildman–Crippen MR) is 77.1 cm³/mol. The van der Waals surface area contributed by atoms with E-state index in [1.807, 2.05) is 32.0 Å².